The molecule has 2 heterocycles. The van der Waals surface area contributed by atoms with Gasteiger partial charge in [-0.3, -0.25) is 4.98 Å². The highest BCUT2D eigenvalue weighted by Crippen LogP contribution is 2.40. The molecule has 0 amide bonds. The molecular formula is C18H17N3. The van der Waals surface area contributed by atoms with Crippen molar-refractivity contribution in [3.8, 4) is 0 Å². The summed E-state index contributed by atoms with van der Waals surface area (Å²) in [6.07, 6.45) is 2.94. The Morgan fingerprint density at radius 2 is 1.95 bits per heavy atom. The summed E-state index contributed by atoms with van der Waals surface area (Å²) in [5.74, 6) is 0. The van der Waals surface area contributed by atoms with Crippen LogP contribution in [0.5, 0.6) is 0 Å². The molecule has 1 unspecified atom stereocenters. The lowest BCUT2D eigenvalue weighted by molar-refractivity contribution is 0.760. The fourth-order valence-electron chi connectivity index (χ4n) is 3.29. The Kier molecular flexibility index (Phi) is 2.61. The maximum Gasteiger partial charge on any atom is 0.0743 e. The second-order valence-electron chi connectivity index (χ2n) is 5.66. The van der Waals surface area contributed by atoms with Crippen LogP contribution in [0.15, 0.2) is 54.7 Å². The van der Waals surface area contributed by atoms with Gasteiger partial charge in [0.05, 0.1) is 11.2 Å². The minimum Gasteiger partial charge on any atom is -0.399 e. The molecule has 0 bridgehead atoms. The minimum atomic E-state index is 0.450. The first-order chi connectivity index (χ1) is 10.2. The molecule has 3 aromatic rings. The van der Waals surface area contributed by atoms with Crippen LogP contribution in [-0.4, -0.2) is 11.0 Å². The summed E-state index contributed by atoms with van der Waals surface area (Å²) in [7, 11) is 0. The van der Waals surface area contributed by atoms with Crippen LogP contribution >= 0.6 is 0 Å². The predicted molar refractivity (Wildman–Crippen MR) is 87.9 cm³/mol. The molecule has 0 radical (unpaired) electrons. The topological polar surface area (TPSA) is 42.2 Å². The highest BCUT2D eigenvalue weighted by Gasteiger charge is 2.27. The molecule has 21 heavy (non-hydrogen) atoms. The summed E-state index contributed by atoms with van der Waals surface area (Å²) >= 11 is 0. The van der Waals surface area contributed by atoms with Gasteiger partial charge in [0.2, 0.25) is 0 Å². The molecule has 3 nitrogen and oxygen atoms in total. The predicted octanol–water partition coefficient (Wildman–Crippen LogP) is 3.90. The lowest BCUT2D eigenvalue weighted by atomic mass is 10.1. The Morgan fingerprint density at radius 3 is 2.86 bits per heavy atom. The van der Waals surface area contributed by atoms with E-state index < -0.39 is 0 Å². The van der Waals surface area contributed by atoms with E-state index in [1.54, 1.807) is 0 Å². The molecule has 0 fully saturated rings. The Hall–Kier alpha value is -2.55. The number of para-hydroxylation sites is 1. The van der Waals surface area contributed by atoms with Gasteiger partial charge in [-0.05, 0) is 49.2 Å². The SMILES string of the molecule is CC1Cc2ccccc2N1c1ccnc2cc(N)ccc12. The standard InChI is InChI=1S/C18H17N3/c1-12-10-13-4-2-3-5-17(13)21(12)18-8-9-20-16-11-14(19)6-7-15(16)18/h2-9,11-12H,10,19H2,1H3. The molecule has 1 aromatic heterocycles. The van der Waals surface area contributed by atoms with Crippen LogP contribution in [0.1, 0.15) is 12.5 Å². The van der Waals surface area contributed by atoms with Crippen molar-refractivity contribution in [3.63, 3.8) is 0 Å². The van der Waals surface area contributed by atoms with Crippen LogP contribution in [-0.2, 0) is 6.42 Å². The van der Waals surface area contributed by atoms with Gasteiger partial charge in [-0.2, -0.15) is 0 Å². The lowest BCUT2D eigenvalue weighted by Crippen LogP contribution is -2.24. The van der Waals surface area contributed by atoms with Crippen molar-refractivity contribution in [2.75, 3.05) is 10.6 Å². The number of pyridine rings is 1. The summed E-state index contributed by atoms with van der Waals surface area (Å²) in [6, 6.07) is 17.1. The quantitative estimate of drug-likeness (QED) is 0.685. The van der Waals surface area contributed by atoms with Crippen molar-refractivity contribution in [3.05, 3.63) is 60.3 Å². The molecule has 0 aliphatic carbocycles. The van der Waals surface area contributed by atoms with Crippen LogP contribution in [0.25, 0.3) is 10.9 Å². The van der Waals surface area contributed by atoms with Crippen molar-refractivity contribution in [2.24, 2.45) is 0 Å². The van der Waals surface area contributed by atoms with E-state index in [9.17, 15) is 0 Å². The first-order valence-corrected chi connectivity index (χ1v) is 7.25. The monoisotopic (exact) mass is 275 g/mol. The van der Waals surface area contributed by atoms with Gasteiger partial charge in [-0.1, -0.05) is 18.2 Å². The van der Waals surface area contributed by atoms with Crippen LogP contribution in [0.4, 0.5) is 17.1 Å². The zero-order valence-electron chi connectivity index (χ0n) is 12.0. The normalized spacial score (nSPS) is 17.2. The maximum absolute atomic E-state index is 5.88. The summed E-state index contributed by atoms with van der Waals surface area (Å²) in [4.78, 5) is 6.86. The smallest absolute Gasteiger partial charge is 0.0743 e. The molecule has 0 spiro atoms. The number of fused-ring (bicyclic) bond motifs is 2. The zero-order chi connectivity index (χ0) is 14.4. The van der Waals surface area contributed by atoms with Crippen LogP contribution in [0.2, 0.25) is 0 Å². The van der Waals surface area contributed by atoms with E-state index in [-0.39, 0.29) is 0 Å². The molecule has 3 heteroatoms. The Balaban J connectivity index is 1.95. The van der Waals surface area contributed by atoms with Crippen molar-refractivity contribution in [1.29, 1.82) is 0 Å². The number of hydrogen-bond acceptors (Lipinski definition) is 3. The van der Waals surface area contributed by atoms with Gasteiger partial charge in [0.25, 0.3) is 0 Å². The summed E-state index contributed by atoms with van der Waals surface area (Å²) in [5, 5.41) is 1.15. The number of aromatic nitrogens is 1. The summed E-state index contributed by atoms with van der Waals surface area (Å²) in [6.45, 7) is 2.27. The molecule has 1 aliphatic rings. The number of nitrogens with zero attached hydrogens (tertiary/aromatic N) is 2. The van der Waals surface area contributed by atoms with Gasteiger partial charge in [-0.15, -0.1) is 0 Å². The number of anilines is 3. The van der Waals surface area contributed by atoms with Gasteiger partial charge in [-0.25, -0.2) is 0 Å². The second kappa shape index (κ2) is 4.48. The second-order valence-corrected chi connectivity index (χ2v) is 5.66. The van der Waals surface area contributed by atoms with E-state index in [2.05, 4.69) is 53.2 Å². The van der Waals surface area contributed by atoms with E-state index in [4.69, 9.17) is 5.73 Å². The zero-order valence-corrected chi connectivity index (χ0v) is 12.0. The molecule has 1 atom stereocenters. The van der Waals surface area contributed by atoms with Gasteiger partial charge in [0.15, 0.2) is 0 Å². The summed E-state index contributed by atoms with van der Waals surface area (Å²) in [5.41, 5.74) is 11.5. The van der Waals surface area contributed by atoms with Crippen molar-refractivity contribution in [2.45, 2.75) is 19.4 Å². The lowest BCUT2D eigenvalue weighted by Gasteiger charge is -2.26. The van der Waals surface area contributed by atoms with E-state index in [0.717, 1.165) is 23.0 Å². The Bertz CT molecular complexity index is 826. The molecule has 2 N–H and O–H groups in total. The third-order valence-corrected chi connectivity index (χ3v) is 4.21. The average molecular weight is 275 g/mol. The fraction of sp³-hybridized carbons (Fsp3) is 0.167. The van der Waals surface area contributed by atoms with Gasteiger partial charge < -0.3 is 10.6 Å². The third kappa shape index (κ3) is 1.85. The van der Waals surface area contributed by atoms with E-state index in [1.807, 2.05) is 18.3 Å². The van der Waals surface area contributed by atoms with Gasteiger partial charge in [0, 0.05) is 29.0 Å². The number of benzene rings is 2. The van der Waals surface area contributed by atoms with Crippen molar-refractivity contribution in [1.82, 2.24) is 4.98 Å². The van der Waals surface area contributed by atoms with Crippen molar-refractivity contribution >= 4 is 28.0 Å². The average Bonchev–Trinajstić information content (AvgIpc) is 2.82. The Labute approximate surface area is 124 Å². The third-order valence-electron chi connectivity index (χ3n) is 4.21. The number of nitrogens with two attached hydrogens (primary N) is 1. The molecule has 0 saturated heterocycles. The highest BCUT2D eigenvalue weighted by molar-refractivity contribution is 5.96. The first kappa shape index (κ1) is 12.2. The van der Waals surface area contributed by atoms with Crippen molar-refractivity contribution < 1.29 is 0 Å². The number of rotatable bonds is 1. The minimum absolute atomic E-state index is 0.450. The number of hydrogen-bond donors (Lipinski definition) is 1. The fourth-order valence-corrected chi connectivity index (χ4v) is 3.29. The largest absolute Gasteiger partial charge is 0.399 e. The van der Waals surface area contributed by atoms with Crippen LogP contribution < -0.4 is 10.6 Å². The molecule has 0 saturated carbocycles. The molecule has 104 valence electrons. The van der Waals surface area contributed by atoms with Crippen LogP contribution in [0, 0.1) is 0 Å². The molecular weight excluding hydrogens is 258 g/mol. The Morgan fingerprint density at radius 1 is 1.10 bits per heavy atom. The van der Waals surface area contributed by atoms with Crippen LogP contribution in [0.3, 0.4) is 0 Å². The van der Waals surface area contributed by atoms with Gasteiger partial charge >= 0.3 is 0 Å². The highest BCUT2D eigenvalue weighted by atomic mass is 15.2. The first-order valence-electron chi connectivity index (χ1n) is 7.25. The summed E-state index contributed by atoms with van der Waals surface area (Å²) < 4.78 is 0. The number of nitrogen functional groups attached to an aromatic ring is 1. The maximum atomic E-state index is 5.88. The van der Waals surface area contributed by atoms with E-state index >= 15 is 0 Å². The van der Waals surface area contributed by atoms with E-state index in [1.165, 1.54) is 16.9 Å². The van der Waals surface area contributed by atoms with Gasteiger partial charge in [0.1, 0.15) is 0 Å². The molecule has 2 aromatic carbocycles. The molecule has 4 rings (SSSR count). The van der Waals surface area contributed by atoms with E-state index in [0.29, 0.717) is 6.04 Å². The molecule has 1 aliphatic heterocycles.